The molecule has 0 amide bonds. The fourth-order valence-corrected chi connectivity index (χ4v) is 2.84. The summed E-state index contributed by atoms with van der Waals surface area (Å²) in [6.07, 6.45) is 2.10. The van der Waals surface area contributed by atoms with Crippen molar-refractivity contribution in [1.82, 2.24) is 0 Å². The third-order valence-electron chi connectivity index (χ3n) is 4.00. The molecule has 106 valence electrons. The molecule has 0 saturated heterocycles. The fraction of sp³-hybridized carbons (Fsp3) is 0.333. The third-order valence-corrected chi connectivity index (χ3v) is 4.41. The average Bonchev–Trinajstić information content (AvgIpc) is 2.48. The number of nitrogens with two attached hydrogens (primary N) is 1. The minimum Gasteiger partial charge on any atom is -0.320 e. The summed E-state index contributed by atoms with van der Waals surface area (Å²) in [5.41, 5.74) is 12.6. The summed E-state index contributed by atoms with van der Waals surface area (Å²) in [6, 6.07) is 12.4. The van der Waals surface area contributed by atoms with E-state index in [1.165, 1.54) is 11.1 Å². The highest BCUT2D eigenvalue weighted by Gasteiger charge is 2.14. The number of halogens is 1. The molecule has 0 aromatic heterocycles. The molecule has 0 radical (unpaired) electrons. The van der Waals surface area contributed by atoms with E-state index < -0.39 is 0 Å². The first-order valence-corrected chi connectivity index (χ1v) is 7.58. The molecule has 2 N–H and O–H groups in total. The molecular weight excluding hydrogens is 266 g/mol. The average molecular weight is 288 g/mol. The Kier molecular flexibility index (Phi) is 4.85. The van der Waals surface area contributed by atoms with Gasteiger partial charge in [-0.3, -0.25) is 0 Å². The van der Waals surface area contributed by atoms with Crippen molar-refractivity contribution in [3.8, 4) is 0 Å². The number of rotatable bonds is 4. The van der Waals surface area contributed by atoms with Gasteiger partial charge in [-0.15, -0.1) is 0 Å². The highest BCUT2D eigenvalue weighted by Crippen LogP contribution is 2.28. The first kappa shape index (κ1) is 15.1. The molecular formula is C18H22ClN. The first-order chi connectivity index (χ1) is 9.58. The second kappa shape index (κ2) is 6.43. The maximum atomic E-state index is 6.44. The molecule has 20 heavy (non-hydrogen) atoms. The number of hydrogen-bond acceptors (Lipinski definition) is 1. The zero-order valence-corrected chi connectivity index (χ0v) is 13.2. The molecule has 0 aliphatic heterocycles. The molecule has 0 saturated carbocycles. The van der Waals surface area contributed by atoms with Crippen molar-refractivity contribution in [2.75, 3.05) is 0 Å². The summed E-state index contributed by atoms with van der Waals surface area (Å²) in [6.45, 7) is 6.41. The van der Waals surface area contributed by atoms with Crippen LogP contribution in [0.4, 0.5) is 0 Å². The van der Waals surface area contributed by atoms with E-state index in [0.29, 0.717) is 0 Å². The van der Waals surface area contributed by atoms with Crippen LogP contribution in [0.3, 0.4) is 0 Å². The standard InChI is InChI=1S/C18H22ClN/c1-4-13-9-10-15(11-14(13)5-2)18(20)16-7-6-8-17(19)12(16)3/h6-11,18H,4-5,20H2,1-3H3. The molecule has 1 nitrogen and oxygen atoms in total. The van der Waals surface area contributed by atoms with Gasteiger partial charge in [0.15, 0.2) is 0 Å². The Balaban J connectivity index is 2.43. The van der Waals surface area contributed by atoms with E-state index >= 15 is 0 Å². The lowest BCUT2D eigenvalue weighted by Crippen LogP contribution is -2.14. The lowest BCUT2D eigenvalue weighted by molar-refractivity contribution is 0.854. The van der Waals surface area contributed by atoms with E-state index in [2.05, 4.69) is 38.1 Å². The predicted molar refractivity (Wildman–Crippen MR) is 87.4 cm³/mol. The van der Waals surface area contributed by atoms with Crippen molar-refractivity contribution in [2.24, 2.45) is 5.73 Å². The minimum atomic E-state index is -0.120. The normalized spacial score (nSPS) is 12.4. The summed E-state index contributed by atoms with van der Waals surface area (Å²) in [5.74, 6) is 0. The van der Waals surface area contributed by atoms with Gasteiger partial charge in [0.2, 0.25) is 0 Å². The Bertz CT molecular complexity index is 604. The van der Waals surface area contributed by atoms with E-state index in [4.69, 9.17) is 17.3 Å². The molecule has 2 aromatic carbocycles. The zero-order chi connectivity index (χ0) is 14.7. The van der Waals surface area contributed by atoms with Gasteiger partial charge in [0.05, 0.1) is 6.04 Å². The summed E-state index contributed by atoms with van der Waals surface area (Å²) in [7, 11) is 0. The topological polar surface area (TPSA) is 26.0 Å². The van der Waals surface area contributed by atoms with Crippen molar-refractivity contribution < 1.29 is 0 Å². The highest BCUT2D eigenvalue weighted by molar-refractivity contribution is 6.31. The molecule has 0 fully saturated rings. The van der Waals surface area contributed by atoms with Gasteiger partial charge >= 0.3 is 0 Å². The van der Waals surface area contributed by atoms with Crippen molar-refractivity contribution in [2.45, 2.75) is 39.7 Å². The van der Waals surface area contributed by atoms with Gasteiger partial charge in [-0.25, -0.2) is 0 Å². The maximum absolute atomic E-state index is 6.44. The molecule has 1 unspecified atom stereocenters. The molecule has 0 aliphatic carbocycles. The molecule has 0 aliphatic rings. The van der Waals surface area contributed by atoms with E-state index in [1.54, 1.807) is 0 Å². The van der Waals surface area contributed by atoms with Crippen LogP contribution in [0.5, 0.6) is 0 Å². The van der Waals surface area contributed by atoms with Crippen LogP contribution in [0.1, 0.15) is 47.7 Å². The van der Waals surface area contributed by atoms with E-state index in [-0.39, 0.29) is 6.04 Å². The molecule has 2 heteroatoms. The van der Waals surface area contributed by atoms with Crippen molar-refractivity contribution in [3.05, 3.63) is 69.2 Å². The molecule has 2 aromatic rings. The van der Waals surface area contributed by atoms with Crippen LogP contribution >= 0.6 is 11.6 Å². The SMILES string of the molecule is CCc1ccc(C(N)c2cccc(Cl)c2C)cc1CC. The Morgan fingerprint density at radius 3 is 2.40 bits per heavy atom. The van der Waals surface area contributed by atoms with Gasteiger partial charge < -0.3 is 5.73 Å². The Hall–Kier alpha value is -1.31. The summed E-state index contributed by atoms with van der Waals surface area (Å²) in [4.78, 5) is 0. The van der Waals surface area contributed by atoms with Gasteiger partial charge in [0.25, 0.3) is 0 Å². The van der Waals surface area contributed by atoms with Crippen LogP contribution in [0.15, 0.2) is 36.4 Å². The van der Waals surface area contributed by atoms with Gasteiger partial charge in [0.1, 0.15) is 0 Å². The molecule has 0 spiro atoms. The Morgan fingerprint density at radius 2 is 1.75 bits per heavy atom. The van der Waals surface area contributed by atoms with Crippen molar-refractivity contribution >= 4 is 11.6 Å². The van der Waals surface area contributed by atoms with Crippen LogP contribution in [0.2, 0.25) is 5.02 Å². The van der Waals surface area contributed by atoms with E-state index in [0.717, 1.165) is 34.6 Å². The third kappa shape index (κ3) is 2.89. The smallest absolute Gasteiger partial charge is 0.0554 e. The van der Waals surface area contributed by atoms with Crippen LogP contribution in [0, 0.1) is 6.92 Å². The van der Waals surface area contributed by atoms with Crippen LogP contribution in [-0.4, -0.2) is 0 Å². The summed E-state index contributed by atoms with van der Waals surface area (Å²) in [5, 5.41) is 0.777. The first-order valence-electron chi connectivity index (χ1n) is 7.20. The lowest BCUT2D eigenvalue weighted by Gasteiger charge is -2.18. The monoisotopic (exact) mass is 287 g/mol. The minimum absolute atomic E-state index is 0.120. The highest BCUT2D eigenvalue weighted by atomic mass is 35.5. The molecule has 0 bridgehead atoms. The predicted octanol–water partition coefficient (Wildman–Crippen LogP) is 4.82. The van der Waals surface area contributed by atoms with Crippen LogP contribution < -0.4 is 5.73 Å². The van der Waals surface area contributed by atoms with Gasteiger partial charge in [-0.05, 0) is 53.6 Å². The lowest BCUT2D eigenvalue weighted by atomic mass is 9.92. The summed E-state index contributed by atoms with van der Waals surface area (Å²) >= 11 is 6.20. The van der Waals surface area contributed by atoms with Crippen molar-refractivity contribution in [3.63, 3.8) is 0 Å². The number of benzene rings is 2. The molecule has 2 rings (SSSR count). The van der Waals surface area contributed by atoms with Crippen LogP contribution in [-0.2, 0) is 12.8 Å². The fourth-order valence-electron chi connectivity index (χ4n) is 2.65. The number of hydrogen-bond donors (Lipinski definition) is 1. The molecule has 0 heterocycles. The number of aryl methyl sites for hydroxylation is 2. The second-order valence-corrected chi connectivity index (χ2v) is 5.57. The van der Waals surface area contributed by atoms with Gasteiger partial charge in [-0.2, -0.15) is 0 Å². The van der Waals surface area contributed by atoms with Crippen molar-refractivity contribution in [1.29, 1.82) is 0 Å². The van der Waals surface area contributed by atoms with Gasteiger partial charge in [0, 0.05) is 5.02 Å². The van der Waals surface area contributed by atoms with E-state index in [1.807, 2.05) is 19.1 Å². The largest absolute Gasteiger partial charge is 0.320 e. The van der Waals surface area contributed by atoms with Crippen LogP contribution in [0.25, 0.3) is 0 Å². The maximum Gasteiger partial charge on any atom is 0.0554 e. The van der Waals surface area contributed by atoms with Gasteiger partial charge in [-0.1, -0.05) is 55.8 Å². The summed E-state index contributed by atoms with van der Waals surface area (Å²) < 4.78 is 0. The zero-order valence-electron chi connectivity index (χ0n) is 12.4. The quantitative estimate of drug-likeness (QED) is 0.857. The Morgan fingerprint density at radius 1 is 1.05 bits per heavy atom. The second-order valence-electron chi connectivity index (χ2n) is 5.17. The Labute approximate surface area is 126 Å². The molecule has 1 atom stereocenters. The van der Waals surface area contributed by atoms with E-state index in [9.17, 15) is 0 Å².